The minimum Gasteiger partial charge on any atom is -0.479 e. The fourth-order valence-electron chi connectivity index (χ4n) is 2.84. The van der Waals surface area contributed by atoms with Crippen LogP contribution in [0.2, 0.25) is 0 Å². The van der Waals surface area contributed by atoms with Crippen molar-refractivity contribution in [3.05, 3.63) is 29.8 Å². The number of ether oxygens (including phenoxy) is 1. The average Bonchev–Trinajstić information content (AvgIpc) is 2.45. The highest BCUT2D eigenvalue weighted by Crippen LogP contribution is 2.51. The second kappa shape index (κ2) is 5.64. The van der Waals surface area contributed by atoms with E-state index < -0.39 is 28.6 Å². The van der Waals surface area contributed by atoms with Crippen LogP contribution >= 0.6 is 0 Å². The Morgan fingerprint density at radius 1 is 1.50 bits per heavy atom. The SMILES string of the molecule is CCOC1CC(NC(=O)c2cncc(F)c2)(C(=O)O)C1(C)C. The summed E-state index contributed by atoms with van der Waals surface area (Å²) in [5.74, 6) is -2.46. The molecule has 2 N–H and O–H groups in total. The third kappa shape index (κ3) is 2.45. The van der Waals surface area contributed by atoms with Gasteiger partial charge in [0.05, 0.1) is 17.9 Å². The number of rotatable bonds is 5. The largest absolute Gasteiger partial charge is 0.479 e. The summed E-state index contributed by atoms with van der Waals surface area (Å²) < 4.78 is 18.7. The predicted molar refractivity (Wildman–Crippen MR) is 75.8 cm³/mol. The highest BCUT2D eigenvalue weighted by Gasteiger charge is 2.66. The number of carbonyl (C=O) groups is 2. The number of halogens is 1. The van der Waals surface area contributed by atoms with E-state index in [0.29, 0.717) is 6.61 Å². The third-order valence-corrected chi connectivity index (χ3v) is 4.42. The maximum absolute atomic E-state index is 13.2. The number of carbonyl (C=O) groups excluding carboxylic acids is 1. The highest BCUT2D eigenvalue weighted by molar-refractivity contribution is 5.98. The van der Waals surface area contributed by atoms with Crippen LogP contribution in [0.4, 0.5) is 4.39 Å². The van der Waals surface area contributed by atoms with Crippen LogP contribution < -0.4 is 5.32 Å². The number of aliphatic carboxylic acids is 1. The first-order valence-electron chi connectivity index (χ1n) is 7.02. The van der Waals surface area contributed by atoms with Crippen LogP contribution in [-0.2, 0) is 9.53 Å². The Morgan fingerprint density at radius 3 is 2.68 bits per heavy atom. The summed E-state index contributed by atoms with van der Waals surface area (Å²) in [6, 6.07) is 1.02. The summed E-state index contributed by atoms with van der Waals surface area (Å²) in [6.07, 6.45) is 2.07. The van der Waals surface area contributed by atoms with Crippen LogP contribution in [0.15, 0.2) is 18.5 Å². The molecule has 1 aliphatic rings. The number of carboxylic acids is 1. The fourth-order valence-corrected chi connectivity index (χ4v) is 2.84. The molecular weight excluding hydrogens is 291 g/mol. The number of nitrogens with one attached hydrogen (secondary N) is 1. The smallest absolute Gasteiger partial charge is 0.330 e. The molecule has 1 aromatic heterocycles. The Balaban J connectivity index is 2.24. The first-order chi connectivity index (χ1) is 10.2. The van der Waals surface area contributed by atoms with Gasteiger partial charge in [-0.15, -0.1) is 0 Å². The minimum atomic E-state index is -1.45. The van der Waals surface area contributed by atoms with Gasteiger partial charge in [0.2, 0.25) is 0 Å². The van der Waals surface area contributed by atoms with E-state index >= 15 is 0 Å². The van der Waals surface area contributed by atoms with Crippen molar-refractivity contribution in [1.29, 1.82) is 0 Å². The molecule has 7 heteroatoms. The van der Waals surface area contributed by atoms with Gasteiger partial charge in [0.25, 0.3) is 5.91 Å². The number of hydrogen-bond donors (Lipinski definition) is 2. The molecule has 1 amide bonds. The molecule has 1 heterocycles. The van der Waals surface area contributed by atoms with E-state index in [-0.39, 0.29) is 18.1 Å². The van der Waals surface area contributed by atoms with Crippen molar-refractivity contribution in [2.24, 2.45) is 5.41 Å². The predicted octanol–water partition coefficient (Wildman–Crippen LogP) is 1.61. The maximum Gasteiger partial charge on any atom is 0.330 e. The Labute approximate surface area is 127 Å². The number of aromatic nitrogens is 1. The van der Waals surface area contributed by atoms with Crippen LogP contribution in [0.3, 0.4) is 0 Å². The van der Waals surface area contributed by atoms with Gasteiger partial charge in [-0.05, 0) is 13.0 Å². The molecule has 0 bridgehead atoms. The van der Waals surface area contributed by atoms with Gasteiger partial charge in [0, 0.05) is 24.6 Å². The standard InChI is InChI=1S/C15H19FN2O4/c1-4-22-11-6-15(13(20)21,14(11,2)3)18-12(19)9-5-10(16)8-17-7-9/h5,7-8,11H,4,6H2,1-3H3,(H,18,19)(H,20,21). The molecule has 0 aliphatic heterocycles. The summed E-state index contributed by atoms with van der Waals surface area (Å²) >= 11 is 0. The lowest BCUT2D eigenvalue weighted by Gasteiger charge is -2.58. The topological polar surface area (TPSA) is 88.5 Å². The summed E-state index contributed by atoms with van der Waals surface area (Å²) in [7, 11) is 0. The number of nitrogens with zero attached hydrogens (tertiary/aromatic N) is 1. The lowest BCUT2D eigenvalue weighted by molar-refractivity contribution is -0.190. The van der Waals surface area contributed by atoms with Crippen LogP contribution in [-0.4, -0.2) is 40.2 Å². The third-order valence-electron chi connectivity index (χ3n) is 4.42. The van der Waals surface area contributed by atoms with Crippen molar-refractivity contribution in [2.75, 3.05) is 6.61 Å². The summed E-state index contributed by atoms with van der Waals surface area (Å²) in [6.45, 7) is 5.75. The van der Waals surface area contributed by atoms with Gasteiger partial charge in [-0.25, -0.2) is 9.18 Å². The van der Waals surface area contributed by atoms with Crippen molar-refractivity contribution in [1.82, 2.24) is 10.3 Å². The highest BCUT2D eigenvalue weighted by atomic mass is 19.1. The zero-order valence-electron chi connectivity index (χ0n) is 12.7. The lowest BCUT2D eigenvalue weighted by atomic mass is 9.54. The quantitative estimate of drug-likeness (QED) is 0.862. The monoisotopic (exact) mass is 310 g/mol. The second-order valence-electron chi connectivity index (χ2n) is 5.93. The molecule has 1 aliphatic carbocycles. The van der Waals surface area contributed by atoms with Crippen molar-refractivity contribution in [3.8, 4) is 0 Å². The average molecular weight is 310 g/mol. The van der Waals surface area contributed by atoms with Crippen LogP contribution in [0.5, 0.6) is 0 Å². The Hall–Kier alpha value is -2.02. The molecular formula is C15H19FN2O4. The van der Waals surface area contributed by atoms with E-state index in [1.54, 1.807) is 13.8 Å². The Bertz CT molecular complexity index is 605. The summed E-state index contributed by atoms with van der Waals surface area (Å²) in [4.78, 5) is 27.6. The zero-order chi connectivity index (χ0) is 16.5. The van der Waals surface area contributed by atoms with Crippen LogP contribution in [0.25, 0.3) is 0 Å². The van der Waals surface area contributed by atoms with E-state index in [0.717, 1.165) is 12.3 Å². The number of carboxylic acid groups (broad SMARTS) is 1. The molecule has 6 nitrogen and oxygen atoms in total. The van der Waals surface area contributed by atoms with E-state index in [1.165, 1.54) is 6.20 Å². The molecule has 0 saturated heterocycles. The second-order valence-corrected chi connectivity index (χ2v) is 5.93. The van der Waals surface area contributed by atoms with Gasteiger partial charge in [-0.1, -0.05) is 13.8 Å². The fraction of sp³-hybridized carbons (Fsp3) is 0.533. The van der Waals surface area contributed by atoms with Gasteiger partial charge in [-0.2, -0.15) is 0 Å². The van der Waals surface area contributed by atoms with Gasteiger partial charge in [0.1, 0.15) is 11.4 Å². The normalized spacial score (nSPS) is 26.1. The van der Waals surface area contributed by atoms with E-state index in [1.807, 2.05) is 6.92 Å². The van der Waals surface area contributed by atoms with E-state index in [4.69, 9.17) is 4.74 Å². The first-order valence-corrected chi connectivity index (χ1v) is 7.02. The van der Waals surface area contributed by atoms with Crippen molar-refractivity contribution in [3.63, 3.8) is 0 Å². The molecule has 0 radical (unpaired) electrons. The molecule has 2 atom stereocenters. The minimum absolute atomic E-state index is 0.0173. The molecule has 0 spiro atoms. The van der Waals surface area contributed by atoms with Gasteiger partial charge in [-0.3, -0.25) is 9.78 Å². The van der Waals surface area contributed by atoms with Gasteiger partial charge in [0.15, 0.2) is 0 Å². The molecule has 22 heavy (non-hydrogen) atoms. The Kier molecular flexibility index (Phi) is 4.19. The van der Waals surface area contributed by atoms with Crippen molar-refractivity contribution >= 4 is 11.9 Å². The molecule has 1 aromatic rings. The zero-order valence-corrected chi connectivity index (χ0v) is 12.7. The molecule has 2 unspecified atom stereocenters. The van der Waals surface area contributed by atoms with Gasteiger partial charge < -0.3 is 15.2 Å². The first kappa shape index (κ1) is 16.4. The van der Waals surface area contributed by atoms with Crippen molar-refractivity contribution < 1.29 is 23.8 Å². The van der Waals surface area contributed by atoms with Gasteiger partial charge >= 0.3 is 5.97 Å². The summed E-state index contributed by atoms with van der Waals surface area (Å²) in [5.41, 5.74) is -2.25. The summed E-state index contributed by atoms with van der Waals surface area (Å²) in [5, 5.41) is 12.1. The number of hydrogen-bond acceptors (Lipinski definition) is 4. The van der Waals surface area contributed by atoms with E-state index in [9.17, 15) is 19.1 Å². The molecule has 1 saturated carbocycles. The van der Waals surface area contributed by atoms with E-state index in [2.05, 4.69) is 10.3 Å². The molecule has 1 fully saturated rings. The number of amides is 1. The van der Waals surface area contributed by atoms with Crippen molar-refractivity contribution in [2.45, 2.75) is 38.8 Å². The lowest BCUT2D eigenvalue weighted by Crippen LogP contribution is -2.76. The van der Waals surface area contributed by atoms with Crippen LogP contribution in [0.1, 0.15) is 37.6 Å². The number of pyridine rings is 1. The van der Waals surface area contributed by atoms with Crippen LogP contribution in [0, 0.1) is 11.2 Å². The molecule has 0 aromatic carbocycles. The maximum atomic E-state index is 13.2. The molecule has 2 rings (SSSR count). The Morgan fingerprint density at radius 2 is 2.18 bits per heavy atom. The molecule has 120 valence electrons.